The molecule has 0 bridgehead atoms. The van der Waals surface area contributed by atoms with Crippen molar-refractivity contribution in [3.63, 3.8) is 0 Å². The molecule has 35 heavy (non-hydrogen) atoms. The van der Waals surface area contributed by atoms with Gasteiger partial charge in [-0.25, -0.2) is 0 Å². The number of ether oxygens (including phenoxy) is 1. The summed E-state index contributed by atoms with van der Waals surface area (Å²) in [7, 11) is 1.64. The number of carbonyl (C=O) groups is 2. The van der Waals surface area contributed by atoms with Crippen LogP contribution in [-0.4, -0.2) is 50.0 Å². The Kier molecular flexibility index (Phi) is 6.33. The first-order chi connectivity index (χ1) is 17.0. The van der Waals surface area contributed by atoms with Crippen molar-refractivity contribution < 1.29 is 18.7 Å². The van der Waals surface area contributed by atoms with Gasteiger partial charge in [-0.15, -0.1) is 0 Å². The molecule has 1 aromatic heterocycles. The molecule has 1 fully saturated rings. The first kappa shape index (κ1) is 22.8. The van der Waals surface area contributed by atoms with E-state index in [4.69, 9.17) is 20.8 Å². The van der Waals surface area contributed by atoms with Gasteiger partial charge in [0.2, 0.25) is 5.76 Å². The van der Waals surface area contributed by atoms with E-state index < -0.39 is 0 Å². The van der Waals surface area contributed by atoms with Crippen LogP contribution in [-0.2, 0) is 0 Å². The predicted octanol–water partition coefficient (Wildman–Crippen LogP) is 5.31. The third-order valence-electron chi connectivity index (χ3n) is 6.12. The number of hydrogen-bond donors (Lipinski definition) is 1. The van der Waals surface area contributed by atoms with Crippen LogP contribution in [0.2, 0.25) is 5.02 Å². The molecule has 0 aliphatic carbocycles. The highest BCUT2D eigenvalue weighted by Gasteiger charge is 2.29. The topological polar surface area (TPSA) is 75.0 Å². The third-order valence-corrected chi connectivity index (χ3v) is 6.35. The van der Waals surface area contributed by atoms with Crippen molar-refractivity contribution in [1.82, 2.24) is 4.90 Å². The van der Waals surface area contributed by atoms with Gasteiger partial charge in [0, 0.05) is 47.8 Å². The van der Waals surface area contributed by atoms with Crippen LogP contribution >= 0.6 is 11.6 Å². The Morgan fingerprint density at radius 3 is 2.40 bits per heavy atom. The van der Waals surface area contributed by atoms with Crippen LogP contribution in [0.15, 0.2) is 77.2 Å². The number of nitrogens with zero attached hydrogens (tertiary/aromatic N) is 2. The molecule has 2 amide bonds. The molecule has 2 heterocycles. The van der Waals surface area contributed by atoms with E-state index in [0.717, 1.165) is 11.4 Å². The number of fused-ring (bicyclic) bond motifs is 1. The summed E-state index contributed by atoms with van der Waals surface area (Å²) in [5, 5.41) is 4.01. The van der Waals surface area contributed by atoms with E-state index in [1.807, 2.05) is 42.5 Å². The molecule has 4 aromatic rings. The van der Waals surface area contributed by atoms with Gasteiger partial charge in [0.25, 0.3) is 11.8 Å². The maximum Gasteiger partial charge on any atom is 0.291 e. The molecule has 178 valence electrons. The van der Waals surface area contributed by atoms with E-state index in [9.17, 15) is 9.59 Å². The summed E-state index contributed by atoms with van der Waals surface area (Å²) < 4.78 is 11.2. The van der Waals surface area contributed by atoms with Crippen LogP contribution in [0, 0.1) is 0 Å². The zero-order valence-electron chi connectivity index (χ0n) is 19.2. The highest BCUT2D eigenvalue weighted by atomic mass is 35.5. The fraction of sp³-hybridized carbons (Fsp3) is 0.185. The van der Waals surface area contributed by atoms with Gasteiger partial charge in [0.15, 0.2) is 0 Å². The van der Waals surface area contributed by atoms with Crippen molar-refractivity contribution in [3.05, 3.63) is 89.1 Å². The van der Waals surface area contributed by atoms with Gasteiger partial charge in [-0.2, -0.15) is 0 Å². The first-order valence-corrected chi connectivity index (χ1v) is 11.7. The molecule has 8 heteroatoms. The van der Waals surface area contributed by atoms with Gasteiger partial charge in [0.1, 0.15) is 17.0 Å². The lowest BCUT2D eigenvalue weighted by atomic mass is 10.1. The zero-order valence-corrected chi connectivity index (χ0v) is 19.9. The van der Waals surface area contributed by atoms with Gasteiger partial charge < -0.3 is 24.3 Å². The molecule has 1 aliphatic rings. The quantitative estimate of drug-likeness (QED) is 0.411. The van der Waals surface area contributed by atoms with Gasteiger partial charge in [-0.3, -0.25) is 9.59 Å². The largest absolute Gasteiger partial charge is 0.497 e. The number of methoxy groups -OCH3 is 1. The summed E-state index contributed by atoms with van der Waals surface area (Å²) in [6, 6.07) is 21.8. The summed E-state index contributed by atoms with van der Waals surface area (Å²) in [4.78, 5) is 30.4. The standard InChI is InChI=1S/C27H24ClN3O4/c1-34-21-11-9-20(10-12-21)30-13-15-31(16-14-30)27(33)25-24(22-7-2-3-8-23(22)35-25)29-26(32)18-5-4-6-19(28)17-18/h2-12,17H,13-16H2,1H3,(H,29,32). The number of benzene rings is 3. The van der Waals surface area contributed by atoms with Crippen LogP contribution in [0.1, 0.15) is 20.9 Å². The molecular weight excluding hydrogens is 466 g/mol. The molecule has 0 radical (unpaired) electrons. The van der Waals surface area contributed by atoms with Crippen molar-refractivity contribution in [2.24, 2.45) is 0 Å². The molecule has 1 N–H and O–H groups in total. The molecule has 5 rings (SSSR count). The monoisotopic (exact) mass is 489 g/mol. The normalized spacial score (nSPS) is 13.7. The Morgan fingerprint density at radius 2 is 1.69 bits per heavy atom. The van der Waals surface area contributed by atoms with Gasteiger partial charge >= 0.3 is 0 Å². The number of halogens is 1. The van der Waals surface area contributed by atoms with E-state index in [2.05, 4.69) is 10.2 Å². The smallest absolute Gasteiger partial charge is 0.291 e. The lowest BCUT2D eigenvalue weighted by Crippen LogP contribution is -2.48. The number of anilines is 2. The molecule has 1 aliphatic heterocycles. The average molecular weight is 490 g/mol. The van der Waals surface area contributed by atoms with Crippen LogP contribution in [0.5, 0.6) is 5.75 Å². The van der Waals surface area contributed by atoms with E-state index in [1.165, 1.54) is 0 Å². The Morgan fingerprint density at radius 1 is 0.943 bits per heavy atom. The van der Waals surface area contributed by atoms with Crippen molar-refractivity contribution in [2.75, 3.05) is 43.5 Å². The Balaban J connectivity index is 1.36. The first-order valence-electron chi connectivity index (χ1n) is 11.3. The molecule has 0 atom stereocenters. The van der Waals surface area contributed by atoms with Crippen molar-refractivity contribution in [3.8, 4) is 5.75 Å². The zero-order chi connectivity index (χ0) is 24.4. The fourth-order valence-electron chi connectivity index (χ4n) is 4.24. The number of amides is 2. The Hall–Kier alpha value is -3.97. The minimum absolute atomic E-state index is 0.125. The van der Waals surface area contributed by atoms with Gasteiger partial charge in [-0.05, 0) is 54.6 Å². The Bertz CT molecular complexity index is 1370. The summed E-state index contributed by atoms with van der Waals surface area (Å²) in [6.45, 7) is 2.43. The van der Waals surface area contributed by atoms with Crippen LogP contribution < -0.4 is 15.0 Å². The summed E-state index contributed by atoms with van der Waals surface area (Å²) in [5.74, 6) is 0.314. The number of piperazine rings is 1. The highest BCUT2D eigenvalue weighted by Crippen LogP contribution is 2.33. The lowest BCUT2D eigenvalue weighted by Gasteiger charge is -2.35. The molecule has 7 nitrogen and oxygen atoms in total. The van der Waals surface area contributed by atoms with Crippen molar-refractivity contribution in [2.45, 2.75) is 0 Å². The molecule has 3 aromatic carbocycles. The van der Waals surface area contributed by atoms with Crippen LogP contribution in [0.4, 0.5) is 11.4 Å². The SMILES string of the molecule is COc1ccc(N2CCN(C(=O)c3oc4ccccc4c3NC(=O)c3cccc(Cl)c3)CC2)cc1. The van der Waals surface area contributed by atoms with Crippen molar-refractivity contribution >= 4 is 45.8 Å². The van der Waals surface area contributed by atoms with Crippen LogP contribution in [0.3, 0.4) is 0 Å². The summed E-state index contributed by atoms with van der Waals surface area (Å²) >= 11 is 6.05. The minimum Gasteiger partial charge on any atom is -0.497 e. The number of para-hydroxylation sites is 1. The second kappa shape index (κ2) is 9.72. The molecule has 0 saturated carbocycles. The maximum absolute atomic E-state index is 13.5. The number of nitrogens with one attached hydrogen (secondary N) is 1. The number of furan rings is 1. The van der Waals surface area contributed by atoms with E-state index in [0.29, 0.717) is 53.4 Å². The third kappa shape index (κ3) is 4.68. The molecule has 0 unspecified atom stereocenters. The number of hydrogen-bond acceptors (Lipinski definition) is 5. The summed E-state index contributed by atoms with van der Waals surface area (Å²) in [5.41, 5.74) is 2.38. The highest BCUT2D eigenvalue weighted by molar-refractivity contribution is 6.31. The van der Waals surface area contributed by atoms with E-state index in [-0.39, 0.29) is 17.6 Å². The lowest BCUT2D eigenvalue weighted by molar-refractivity contribution is 0.0718. The molecule has 1 saturated heterocycles. The van der Waals surface area contributed by atoms with Gasteiger partial charge in [0.05, 0.1) is 7.11 Å². The second-order valence-electron chi connectivity index (χ2n) is 8.24. The fourth-order valence-corrected chi connectivity index (χ4v) is 4.43. The second-order valence-corrected chi connectivity index (χ2v) is 8.68. The molecule has 0 spiro atoms. The van der Waals surface area contributed by atoms with Crippen molar-refractivity contribution in [1.29, 1.82) is 0 Å². The average Bonchev–Trinajstić information content (AvgIpc) is 3.26. The van der Waals surface area contributed by atoms with Crippen LogP contribution in [0.25, 0.3) is 11.0 Å². The molecular formula is C27H24ClN3O4. The van der Waals surface area contributed by atoms with E-state index >= 15 is 0 Å². The number of rotatable bonds is 5. The van der Waals surface area contributed by atoms with E-state index in [1.54, 1.807) is 42.3 Å². The number of carbonyl (C=O) groups excluding carboxylic acids is 2. The maximum atomic E-state index is 13.5. The summed E-state index contributed by atoms with van der Waals surface area (Å²) in [6.07, 6.45) is 0. The predicted molar refractivity (Wildman–Crippen MR) is 137 cm³/mol. The Labute approximate surface area is 207 Å². The minimum atomic E-state index is -0.363. The van der Waals surface area contributed by atoms with Gasteiger partial charge in [-0.1, -0.05) is 29.8 Å².